The predicted octanol–water partition coefficient (Wildman–Crippen LogP) is 5.50. The van der Waals surface area contributed by atoms with E-state index in [-0.39, 0.29) is 11.3 Å². The van der Waals surface area contributed by atoms with Gasteiger partial charge in [-0.25, -0.2) is 4.90 Å². The number of imide groups is 1. The van der Waals surface area contributed by atoms with Crippen molar-refractivity contribution in [2.24, 2.45) is 0 Å². The summed E-state index contributed by atoms with van der Waals surface area (Å²) in [4.78, 5) is 28.7. The molecule has 0 spiro atoms. The van der Waals surface area contributed by atoms with Crippen molar-refractivity contribution in [3.63, 3.8) is 0 Å². The van der Waals surface area contributed by atoms with Crippen LogP contribution in [0, 0.1) is 13.8 Å². The minimum atomic E-state index is -0.419. The number of nitrogens with zero attached hydrogens (tertiary/aromatic N) is 1. The predicted molar refractivity (Wildman–Crippen MR) is 134 cm³/mol. The fraction of sp³-hybridized carbons (Fsp3) is 0.214. The second-order valence-electron chi connectivity index (χ2n) is 8.19. The van der Waals surface area contributed by atoms with Gasteiger partial charge in [-0.1, -0.05) is 48.9 Å². The van der Waals surface area contributed by atoms with Crippen molar-refractivity contribution in [3.05, 3.63) is 89.1 Å². The number of anilines is 2. The van der Waals surface area contributed by atoms with Crippen LogP contribution in [0.3, 0.4) is 0 Å². The molecule has 0 bridgehead atoms. The lowest BCUT2D eigenvalue weighted by atomic mass is 10.0. The molecule has 3 aromatic rings. The second kappa shape index (κ2) is 9.83. The van der Waals surface area contributed by atoms with Gasteiger partial charge in [-0.15, -0.1) is 0 Å². The van der Waals surface area contributed by atoms with E-state index >= 15 is 0 Å². The van der Waals surface area contributed by atoms with E-state index in [9.17, 15) is 9.59 Å². The highest BCUT2D eigenvalue weighted by atomic mass is 16.5. The van der Waals surface area contributed by atoms with Gasteiger partial charge in [0.2, 0.25) is 0 Å². The van der Waals surface area contributed by atoms with Crippen LogP contribution < -0.4 is 19.7 Å². The van der Waals surface area contributed by atoms with Crippen LogP contribution in [0.25, 0.3) is 5.57 Å². The summed E-state index contributed by atoms with van der Waals surface area (Å²) in [6.45, 7) is 6.50. The lowest BCUT2D eigenvalue weighted by Gasteiger charge is -2.18. The standard InChI is InChI=1S/C28H28N2O4/c1-5-15-34-21-10-8-9-20(17-21)29-26-25(22-11-6-7-12-24(22)33-4)27(31)30(28(26)32)23-14-13-18(2)16-19(23)3/h6-14,16-17,29H,5,15H2,1-4H3. The Balaban J connectivity index is 1.82. The van der Waals surface area contributed by atoms with E-state index in [0.29, 0.717) is 35.0 Å². The smallest absolute Gasteiger partial charge is 0.282 e. The fourth-order valence-electron chi connectivity index (χ4n) is 4.05. The maximum atomic E-state index is 13.8. The lowest BCUT2D eigenvalue weighted by molar-refractivity contribution is -0.120. The number of methoxy groups -OCH3 is 1. The fourth-order valence-corrected chi connectivity index (χ4v) is 4.05. The highest BCUT2D eigenvalue weighted by Gasteiger charge is 2.41. The molecule has 174 valence electrons. The molecule has 0 unspecified atom stereocenters. The van der Waals surface area contributed by atoms with Gasteiger partial charge < -0.3 is 14.8 Å². The number of para-hydroxylation sites is 1. The maximum absolute atomic E-state index is 13.8. The van der Waals surface area contributed by atoms with E-state index in [1.165, 1.54) is 4.90 Å². The Kier molecular flexibility index (Phi) is 6.68. The normalized spacial score (nSPS) is 13.5. The zero-order valence-electron chi connectivity index (χ0n) is 19.8. The van der Waals surface area contributed by atoms with Crippen LogP contribution >= 0.6 is 0 Å². The van der Waals surface area contributed by atoms with Crippen LogP contribution in [0.4, 0.5) is 11.4 Å². The van der Waals surface area contributed by atoms with Crippen molar-refractivity contribution in [1.82, 2.24) is 0 Å². The Hall–Kier alpha value is -4.06. The average Bonchev–Trinajstić information content (AvgIpc) is 3.07. The van der Waals surface area contributed by atoms with Gasteiger partial charge in [-0.05, 0) is 50.1 Å². The van der Waals surface area contributed by atoms with Gasteiger partial charge in [0, 0.05) is 17.3 Å². The van der Waals surface area contributed by atoms with E-state index < -0.39 is 11.8 Å². The number of benzene rings is 3. The molecule has 1 aliphatic rings. The molecule has 0 saturated heterocycles. The van der Waals surface area contributed by atoms with Crippen LogP contribution in [-0.2, 0) is 9.59 Å². The molecule has 4 rings (SSSR count). The van der Waals surface area contributed by atoms with Crippen LogP contribution in [0.5, 0.6) is 11.5 Å². The molecule has 0 aliphatic carbocycles. The SMILES string of the molecule is CCCOc1cccc(NC2=C(c3ccccc3OC)C(=O)N(c3ccc(C)cc3C)C2=O)c1. The van der Waals surface area contributed by atoms with Gasteiger partial charge in [0.25, 0.3) is 11.8 Å². The van der Waals surface area contributed by atoms with E-state index in [2.05, 4.69) is 5.32 Å². The van der Waals surface area contributed by atoms with Gasteiger partial charge in [0.15, 0.2) is 0 Å². The number of nitrogens with one attached hydrogen (secondary N) is 1. The average molecular weight is 457 g/mol. The summed E-state index contributed by atoms with van der Waals surface area (Å²) in [6, 6.07) is 20.2. The molecular weight excluding hydrogens is 428 g/mol. The van der Waals surface area contributed by atoms with Crippen molar-refractivity contribution in [1.29, 1.82) is 0 Å². The topological polar surface area (TPSA) is 67.9 Å². The monoisotopic (exact) mass is 456 g/mol. The number of amides is 2. The Labute approximate surface area is 199 Å². The van der Waals surface area contributed by atoms with Gasteiger partial charge >= 0.3 is 0 Å². The van der Waals surface area contributed by atoms with Crippen molar-refractivity contribution in [2.75, 3.05) is 23.9 Å². The number of hydrogen-bond acceptors (Lipinski definition) is 5. The molecule has 34 heavy (non-hydrogen) atoms. The first-order valence-electron chi connectivity index (χ1n) is 11.3. The van der Waals surface area contributed by atoms with Crippen LogP contribution in [0.2, 0.25) is 0 Å². The molecule has 6 heteroatoms. The number of aryl methyl sites for hydroxylation is 2. The number of carbonyl (C=O) groups excluding carboxylic acids is 2. The molecule has 0 radical (unpaired) electrons. The number of hydrogen-bond donors (Lipinski definition) is 1. The zero-order chi connectivity index (χ0) is 24.2. The summed E-state index contributed by atoms with van der Waals surface area (Å²) >= 11 is 0. The Morgan fingerprint density at radius 2 is 1.71 bits per heavy atom. The van der Waals surface area contributed by atoms with Gasteiger partial charge in [-0.3, -0.25) is 9.59 Å². The number of ether oxygens (including phenoxy) is 2. The van der Waals surface area contributed by atoms with E-state index in [4.69, 9.17) is 9.47 Å². The molecule has 0 atom stereocenters. The third-order valence-corrected chi connectivity index (χ3v) is 5.63. The first-order valence-corrected chi connectivity index (χ1v) is 11.3. The van der Waals surface area contributed by atoms with E-state index in [1.54, 1.807) is 19.2 Å². The first kappa shape index (κ1) is 23.1. The third-order valence-electron chi connectivity index (χ3n) is 5.63. The number of rotatable bonds is 8. The van der Waals surface area contributed by atoms with E-state index in [1.807, 2.05) is 75.4 Å². The minimum absolute atomic E-state index is 0.196. The Morgan fingerprint density at radius 1 is 0.912 bits per heavy atom. The largest absolute Gasteiger partial charge is 0.496 e. The summed E-state index contributed by atoms with van der Waals surface area (Å²) in [7, 11) is 1.55. The van der Waals surface area contributed by atoms with Crippen molar-refractivity contribution >= 4 is 28.8 Å². The number of carbonyl (C=O) groups is 2. The van der Waals surface area contributed by atoms with Gasteiger partial charge in [0.05, 0.1) is 25.0 Å². The first-order chi connectivity index (χ1) is 16.4. The van der Waals surface area contributed by atoms with Crippen molar-refractivity contribution < 1.29 is 19.1 Å². The van der Waals surface area contributed by atoms with Crippen molar-refractivity contribution in [2.45, 2.75) is 27.2 Å². The minimum Gasteiger partial charge on any atom is -0.496 e. The zero-order valence-corrected chi connectivity index (χ0v) is 19.8. The molecular formula is C28H28N2O4. The van der Waals surface area contributed by atoms with Crippen LogP contribution in [-0.4, -0.2) is 25.5 Å². The maximum Gasteiger partial charge on any atom is 0.282 e. The van der Waals surface area contributed by atoms with Crippen LogP contribution in [0.1, 0.15) is 30.0 Å². The molecule has 3 aromatic carbocycles. The summed E-state index contributed by atoms with van der Waals surface area (Å²) in [5.74, 6) is 0.384. The Bertz CT molecular complexity index is 1280. The molecule has 6 nitrogen and oxygen atoms in total. The summed E-state index contributed by atoms with van der Waals surface area (Å²) in [5, 5.41) is 3.20. The van der Waals surface area contributed by atoms with Crippen LogP contribution in [0.15, 0.2) is 72.4 Å². The molecule has 0 fully saturated rings. The molecule has 2 amide bonds. The molecule has 1 N–H and O–H groups in total. The molecule has 1 aliphatic heterocycles. The molecule has 0 saturated carbocycles. The highest BCUT2D eigenvalue weighted by molar-refractivity contribution is 6.46. The second-order valence-corrected chi connectivity index (χ2v) is 8.19. The summed E-state index contributed by atoms with van der Waals surface area (Å²) in [6.07, 6.45) is 0.888. The third kappa shape index (κ3) is 4.39. The lowest BCUT2D eigenvalue weighted by Crippen LogP contribution is -2.33. The highest BCUT2D eigenvalue weighted by Crippen LogP contribution is 2.38. The summed E-state index contributed by atoms with van der Waals surface area (Å²) < 4.78 is 11.3. The van der Waals surface area contributed by atoms with Gasteiger partial charge in [-0.2, -0.15) is 0 Å². The van der Waals surface area contributed by atoms with E-state index in [0.717, 1.165) is 17.5 Å². The quantitative estimate of drug-likeness (QED) is 0.454. The van der Waals surface area contributed by atoms with Gasteiger partial charge in [0.1, 0.15) is 17.2 Å². The molecule has 0 aromatic heterocycles. The molecule has 1 heterocycles. The summed E-state index contributed by atoms with van der Waals surface area (Å²) in [5.41, 5.74) is 4.13. The Morgan fingerprint density at radius 3 is 2.44 bits per heavy atom. The van der Waals surface area contributed by atoms with Crippen molar-refractivity contribution in [3.8, 4) is 11.5 Å².